The predicted octanol–water partition coefficient (Wildman–Crippen LogP) is 3.51. The highest BCUT2D eigenvalue weighted by atomic mass is 16.5. The number of fused-ring (bicyclic) bond motifs is 1. The Balaban J connectivity index is 1.52. The van der Waals surface area contributed by atoms with Gasteiger partial charge in [-0.3, -0.25) is 4.79 Å². The Morgan fingerprint density at radius 3 is 2.58 bits per heavy atom. The van der Waals surface area contributed by atoms with Crippen molar-refractivity contribution < 1.29 is 23.8 Å². The summed E-state index contributed by atoms with van der Waals surface area (Å²) < 4.78 is 15.6. The number of aromatic nitrogens is 1. The van der Waals surface area contributed by atoms with Crippen molar-refractivity contribution in [3.8, 4) is 11.5 Å². The van der Waals surface area contributed by atoms with Gasteiger partial charge in [-0.1, -0.05) is 30.3 Å². The molecule has 0 saturated heterocycles. The maximum atomic E-state index is 12.3. The van der Waals surface area contributed by atoms with Gasteiger partial charge in [0.05, 0.1) is 25.4 Å². The molecule has 0 saturated carbocycles. The Morgan fingerprint density at radius 2 is 1.81 bits per heavy atom. The summed E-state index contributed by atoms with van der Waals surface area (Å²) in [4.78, 5) is 28.8. The normalized spacial score (nSPS) is 11.8. The van der Waals surface area contributed by atoms with Gasteiger partial charge in [0.1, 0.15) is 0 Å². The maximum Gasteiger partial charge on any atom is 0.331 e. The van der Waals surface area contributed by atoms with E-state index in [2.05, 4.69) is 10.3 Å². The highest BCUT2D eigenvalue weighted by Crippen LogP contribution is 2.27. The molecule has 1 amide bonds. The van der Waals surface area contributed by atoms with E-state index in [1.54, 1.807) is 32.4 Å². The second-order valence-electron chi connectivity index (χ2n) is 6.75. The molecule has 160 valence electrons. The van der Waals surface area contributed by atoms with E-state index in [4.69, 9.17) is 14.2 Å². The molecular formula is C24H24N2O5. The summed E-state index contributed by atoms with van der Waals surface area (Å²) >= 11 is 0. The lowest BCUT2D eigenvalue weighted by molar-refractivity contribution is -0.150. The number of nitrogens with zero attached hydrogens (tertiary/aromatic N) is 1. The van der Waals surface area contributed by atoms with Crippen LogP contribution >= 0.6 is 0 Å². The predicted molar refractivity (Wildman–Crippen MR) is 118 cm³/mol. The first-order valence-electron chi connectivity index (χ1n) is 9.73. The zero-order chi connectivity index (χ0) is 22.2. The van der Waals surface area contributed by atoms with Gasteiger partial charge in [0, 0.05) is 18.0 Å². The molecular weight excluding hydrogens is 396 g/mol. The highest BCUT2D eigenvalue weighted by molar-refractivity contribution is 5.90. The van der Waals surface area contributed by atoms with E-state index in [1.807, 2.05) is 42.5 Å². The largest absolute Gasteiger partial charge is 0.493 e. The van der Waals surface area contributed by atoms with Crippen molar-refractivity contribution in [2.75, 3.05) is 14.2 Å². The van der Waals surface area contributed by atoms with Gasteiger partial charge in [0.25, 0.3) is 5.91 Å². The number of benzene rings is 2. The lowest BCUT2D eigenvalue weighted by Gasteiger charge is -2.13. The van der Waals surface area contributed by atoms with Crippen molar-refractivity contribution in [2.45, 2.75) is 19.6 Å². The molecule has 0 aliphatic carbocycles. The fourth-order valence-corrected chi connectivity index (χ4v) is 2.92. The Morgan fingerprint density at radius 1 is 1.03 bits per heavy atom. The number of carbonyl (C=O) groups excluding carboxylic acids is 2. The van der Waals surface area contributed by atoms with Gasteiger partial charge in [-0.25, -0.2) is 9.78 Å². The number of esters is 1. The van der Waals surface area contributed by atoms with E-state index >= 15 is 0 Å². The van der Waals surface area contributed by atoms with Gasteiger partial charge < -0.3 is 19.5 Å². The molecule has 0 aliphatic rings. The van der Waals surface area contributed by atoms with Crippen LogP contribution < -0.4 is 14.8 Å². The lowest BCUT2D eigenvalue weighted by atomic mass is 10.2. The summed E-state index contributed by atoms with van der Waals surface area (Å²) in [5.41, 5.74) is 2.29. The first kappa shape index (κ1) is 21.8. The first-order chi connectivity index (χ1) is 15.0. The Hall–Kier alpha value is -3.87. The van der Waals surface area contributed by atoms with Crippen LogP contribution in [-0.2, 0) is 20.9 Å². The van der Waals surface area contributed by atoms with Gasteiger partial charge in [0.15, 0.2) is 17.6 Å². The molecule has 0 spiro atoms. The second-order valence-corrected chi connectivity index (χ2v) is 6.75. The van der Waals surface area contributed by atoms with E-state index in [1.165, 1.54) is 13.0 Å². The standard InChI is InChI=1S/C24H24N2O5/c1-16(24(28)25-15-17-8-12-21(29-2)22(14-17)30-3)31-23(27)13-11-19-10-9-18-6-4-5-7-20(18)26-19/h4-14,16H,15H2,1-3H3,(H,25,28)/b13-11+. The van der Waals surface area contributed by atoms with Gasteiger partial charge in [-0.2, -0.15) is 0 Å². The summed E-state index contributed by atoms with van der Waals surface area (Å²) in [5, 5.41) is 3.75. The second kappa shape index (κ2) is 10.2. The van der Waals surface area contributed by atoms with Crippen molar-refractivity contribution in [1.29, 1.82) is 0 Å². The molecule has 1 N–H and O–H groups in total. The van der Waals surface area contributed by atoms with Gasteiger partial charge >= 0.3 is 5.97 Å². The molecule has 3 rings (SSSR count). The van der Waals surface area contributed by atoms with Crippen molar-refractivity contribution in [3.63, 3.8) is 0 Å². The molecule has 0 fully saturated rings. The van der Waals surface area contributed by atoms with E-state index in [-0.39, 0.29) is 6.54 Å². The monoisotopic (exact) mass is 420 g/mol. The van der Waals surface area contributed by atoms with Gasteiger partial charge in [-0.05, 0) is 42.8 Å². The van der Waals surface area contributed by atoms with Crippen LogP contribution in [-0.4, -0.2) is 37.2 Å². The molecule has 31 heavy (non-hydrogen) atoms. The van der Waals surface area contributed by atoms with Crippen molar-refractivity contribution in [3.05, 3.63) is 71.9 Å². The molecule has 7 heteroatoms. The Kier molecular flexibility index (Phi) is 7.22. The van der Waals surface area contributed by atoms with Crippen LogP contribution in [0.2, 0.25) is 0 Å². The van der Waals surface area contributed by atoms with Crippen LogP contribution in [0.4, 0.5) is 0 Å². The average molecular weight is 420 g/mol. The van der Waals surface area contributed by atoms with E-state index in [0.29, 0.717) is 17.2 Å². The van der Waals surface area contributed by atoms with Crippen LogP contribution in [0, 0.1) is 0 Å². The number of para-hydroxylation sites is 1. The van der Waals surface area contributed by atoms with Crippen LogP contribution in [0.15, 0.2) is 60.7 Å². The number of nitrogens with one attached hydrogen (secondary N) is 1. The fourth-order valence-electron chi connectivity index (χ4n) is 2.92. The molecule has 1 heterocycles. The summed E-state index contributed by atoms with van der Waals surface area (Å²) in [6.45, 7) is 1.78. The lowest BCUT2D eigenvalue weighted by Crippen LogP contribution is -2.35. The number of hydrogen-bond donors (Lipinski definition) is 1. The van der Waals surface area contributed by atoms with Crippen molar-refractivity contribution >= 4 is 28.9 Å². The molecule has 1 unspecified atom stereocenters. The van der Waals surface area contributed by atoms with E-state index < -0.39 is 18.0 Å². The molecule has 1 aromatic heterocycles. The topological polar surface area (TPSA) is 86.8 Å². The Labute approximate surface area is 180 Å². The minimum absolute atomic E-state index is 0.262. The highest BCUT2D eigenvalue weighted by Gasteiger charge is 2.16. The fraction of sp³-hybridized carbons (Fsp3) is 0.208. The Bertz CT molecular complexity index is 1110. The van der Waals surface area contributed by atoms with Crippen LogP contribution in [0.1, 0.15) is 18.2 Å². The number of hydrogen-bond acceptors (Lipinski definition) is 6. The summed E-state index contributed by atoms with van der Waals surface area (Å²) in [6.07, 6.45) is 1.87. The van der Waals surface area contributed by atoms with Gasteiger partial charge in [0.2, 0.25) is 0 Å². The molecule has 7 nitrogen and oxygen atoms in total. The zero-order valence-corrected chi connectivity index (χ0v) is 17.6. The smallest absolute Gasteiger partial charge is 0.331 e. The molecule has 0 bridgehead atoms. The third kappa shape index (κ3) is 5.82. The van der Waals surface area contributed by atoms with Crippen LogP contribution in [0.3, 0.4) is 0 Å². The molecule has 2 aromatic carbocycles. The van der Waals surface area contributed by atoms with Crippen molar-refractivity contribution in [1.82, 2.24) is 10.3 Å². The van der Waals surface area contributed by atoms with Gasteiger partial charge in [-0.15, -0.1) is 0 Å². The third-order valence-corrected chi connectivity index (χ3v) is 4.59. The minimum atomic E-state index is -0.943. The van der Waals surface area contributed by atoms with Crippen molar-refractivity contribution in [2.24, 2.45) is 0 Å². The molecule has 0 radical (unpaired) electrons. The number of amides is 1. The number of ether oxygens (including phenoxy) is 3. The molecule has 0 aliphatic heterocycles. The molecule has 3 aromatic rings. The number of carbonyl (C=O) groups is 2. The minimum Gasteiger partial charge on any atom is -0.493 e. The number of rotatable bonds is 8. The SMILES string of the molecule is COc1ccc(CNC(=O)C(C)OC(=O)/C=C/c2ccc3ccccc3n2)cc1OC. The summed E-state index contributed by atoms with van der Waals surface area (Å²) in [5.74, 6) is 0.151. The summed E-state index contributed by atoms with van der Waals surface area (Å²) in [7, 11) is 3.10. The van der Waals surface area contributed by atoms with E-state index in [9.17, 15) is 9.59 Å². The number of methoxy groups -OCH3 is 2. The third-order valence-electron chi connectivity index (χ3n) is 4.59. The van der Waals surface area contributed by atoms with Crippen LogP contribution in [0.5, 0.6) is 11.5 Å². The molecule has 1 atom stereocenters. The average Bonchev–Trinajstić information content (AvgIpc) is 2.80. The quantitative estimate of drug-likeness (QED) is 0.443. The van der Waals surface area contributed by atoms with Crippen LogP contribution in [0.25, 0.3) is 17.0 Å². The van der Waals surface area contributed by atoms with E-state index in [0.717, 1.165) is 16.5 Å². The zero-order valence-electron chi connectivity index (χ0n) is 17.6. The first-order valence-corrected chi connectivity index (χ1v) is 9.73. The number of pyridine rings is 1. The summed E-state index contributed by atoms with van der Waals surface area (Å²) in [6, 6.07) is 16.8. The maximum absolute atomic E-state index is 12.3.